The minimum absolute atomic E-state index is 0.0208. The van der Waals surface area contributed by atoms with Crippen molar-refractivity contribution in [3.8, 4) is 11.3 Å². The van der Waals surface area contributed by atoms with Crippen LogP contribution < -0.4 is 15.5 Å². The first-order valence-electron chi connectivity index (χ1n) is 12.1. The van der Waals surface area contributed by atoms with Gasteiger partial charge in [-0.05, 0) is 44.5 Å². The quantitative estimate of drug-likeness (QED) is 0.331. The molecule has 204 valence electrons. The van der Waals surface area contributed by atoms with Gasteiger partial charge < -0.3 is 14.5 Å². The molecule has 0 spiro atoms. The van der Waals surface area contributed by atoms with Gasteiger partial charge in [0.2, 0.25) is 10.0 Å². The summed E-state index contributed by atoms with van der Waals surface area (Å²) in [5.74, 6) is -0.514. The SMILES string of the molecule is Cc1cc([C@@H](C)Nc2ccc(Cl)nc2C(=O)NS(C)(=O)=O)c2oc(-c3cnn4c3COCC4)c(C)c(=O)c2c1. The normalized spacial score (nSPS) is 14.2. The highest BCUT2D eigenvalue weighted by Crippen LogP contribution is 2.34. The zero-order valence-electron chi connectivity index (χ0n) is 21.7. The summed E-state index contributed by atoms with van der Waals surface area (Å²) in [6.07, 6.45) is 2.55. The number of halogens is 1. The Bertz CT molecular complexity index is 1800. The van der Waals surface area contributed by atoms with Crippen LogP contribution in [-0.4, -0.2) is 42.0 Å². The molecule has 1 amide bonds. The maximum atomic E-state index is 13.5. The van der Waals surface area contributed by atoms with Crippen molar-refractivity contribution < 1.29 is 22.4 Å². The highest BCUT2D eigenvalue weighted by Gasteiger charge is 2.25. The van der Waals surface area contributed by atoms with Crippen molar-refractivity contribution in [1.82, 2.24) is 19.5 Å². The third-order valence-corrected chi connectivity index (χ3v) is 7.23. The Hall–Kier alpha value is -3.74. The third kappa shape index (κ3) is 5.27. The van der Waals surface area contributed by atoms with Crippen LogP contribution in [0.2, 0.25) is 5.15 Å². The molecule has 0 fully saturated rings. The molecule has 13 heteroatoms. The lowest BCUT2D eigenvalue weighted by Crippen LogP contribution is -2.31. The fourth-order valence-electron chi connectivity index (χ4n) is 4.66. The highest BCUT2D eigenvalue weighted by molar-refractivity contribution is 7.89. The van der Waals surface area contributed by atoms with Gasteiger partial charge in [-0.3, -0.25) is 14.3 Å². The van der Waals surface area contributed by atoms with Gasteiger partial charge >= 0.3 is 0 Å². The minimum Gasteiger partial charge on any atom is -0.455 e. The Labute approximate surface area is 229 Å². The number of benzene rings is 1. The van der Waals surface area contributed by atoms with Crippen LogP contribution in [-0.2, 0) is 27.9 Å². The molecule has 0 aliphatic carbocycles. The molecule has 4 aromatic rings. The van der Waals surface area contributed by atoms with E-state index in [-0.39, 0.29) is 22.0 Å². The largest absolute Gasteiger partial charge is 0.455 e. The smallest absolute Gasteiger partial charge is 0.285 e. The summed E-state index contributed by atoms with van der Waals surface area (Å²) in [5, 5.41) is 8.08. The number of nitrogens with one attached hydrogen (secondary N) is 2. The van der Waals surface area contributed by atoms with E-state index in [0.717, 1.165) is 17.5 Å². The average molecular weight is 572 g/mol. The third-order valence-electron chi connectivity index (χ3n) is 6.46. The first-order chi connectivity index (χ1) is 18.4. The Morgan fingerprint density at radius 1 is 1.23 bits per heavy atom. The molecule has 0 saturated heterocycles. The second-order valence-corrected chi connectivity index (χ2v) is 11.6. The maximum absolute atomic E-state index is 13.5. The summed E-state index contributed by atoms with van der Waals surface area (Å²) in [4.78, 5) is 30.2. The molecule has 5 rings (SSSR count). The molecule has 39 heavy (non-hydrogen) atoms. The monoisotopic (exact) mass is 571 g/mol. The van der Waals surface area contributed by atoms with Crippen LogP contribution in [0.1, 0.15) is 45.8 Å². The molecule has 1 aliphatic rings. The number of aromatic nitrogens is 3. The van der Waals surface area contributed by atoms with Crippen LogP contribution in [0, 0.1) is 13.8 Å². The van der Waals surface area contributed by atoms with Crippen molar-refractivity contribution in [2.24, 2.45) is 0 Å². The first-order valence-corrected chi connectivity index (χ1v) is 14.4. The second-order valence-electron chi connectivity index (χ2n) is 9.50. The average Bonchev–Trinajstić information content (AvgIpc) is 3.30. The molecule has 1 atom stereocenters. The molecule has 1 aliphatic heterocycles. The highest BCUT2D eigenvalue weighted by atomic mass is 35.5. The van der Waals surface area contributed by atoms with Gasteiger partial charge in [0.25, 0.3) is 5.91 Å². The van der Waals surface area contributed by atoms with E-state index in [0.29, 0.717) is 53.2 Å². The number of sulfonamides is 1. The molecular formula is C26H26ClN5O6S. The Morgan fingerprint density at radius 3 is 2.74 bits per heavy atom. The number of ether oxygens (including phenoxy) is 1. The van der Waals surface area contributed by atoms with Crippen molar-refractivity contribution >= 4 is 44.2 Å². The number of rotatable bonds is 6. The molecule has 0 saturated carbocycles. The van der Waals surface area contributed by atoms with Crippen LogP contribution >= 0.6 is 11.6 Å². The lowest BCUT2D eigenvalue weighted by Gasteiger charge is -2.20. The van der Waals surface area contributed by atoms with Gasteiger partial charge in [0.15, 0.2) is 11.1 Å². The maximum Gasteiger partial charge on any atom is 0.285 e. The molecule has 3 aromatic heterocycles. The van der Waals surface area contributed by atoms with E-state index in [1.165, 1.54) is 12.1 Å². The fourth-order valence-corrected chi connectivity index (χ4v) is 5.24. The van der Waals surface area contributed by atoms with E-state index in [9.17, 15) is 18.0 Å². The number of aryl methyl sites for hydroxylation is 1. The second kappa shape index (κ2) is 10.1. The van der Waals surface area contributed by atoms with Gasteiger partial charge in [-0.15, -0.1) is 0 Å². The van der Waals surface area contributed by atoms with E-state index in [1.54, 1.807) is 19.2 Å². The molecule has 0 radical (unpaired) electrons. The number of fused-ring (bicyclic) bond motifs is 2. The van der Waals surface area contributed by atoms with Gasteiger partial charge in [-0.2, -0.15) is 5.10 Å². The van der Waals surface area contributed by atoms with Gasteiger partial charge in [-0.1, -0.05) is 17.7 Å². The number of anilines is 1. The summed E-state index contributed by atoms with van der Waals surface area (Å²) < 4.78 is 39.1. The fraction of sp³-hybridized carbons (Fsp3) is 0.308. The molecular weight excluding hydrogens is 546 g/mol. The lowest BCUT2D eigenvalue weighted by atomic mass is 9.98. The van der Waals surface area contributed by atoms with Gasteiger partial charge in [0.05, 0.1) is 60.6 Å². The van der Waals surface area contributed by atoms with E-state index < -0.39 is 22.0 Å². The van der Waals surface area contributed by atoms with Gasteiger partial charge in [0, 0.05) is 11.1 Å². The Morgan fingerprint density at radius 2 is 2.00 bits per heavy atom. The van der Waals surface area contributed by atoms with Crippen LogP contribution in [0.5, 0.6) is 0 Å². The van der Waals surface area contributed by atoms with E-state index >= 15 is 0 Å². The number of carbonyl (C=O) groups is 1. The summed E-state index contributed by atoms with van der Waals surface area (Å²) in [7, 11) is -3.83. The van der Waals surface area contributed by atoms with Crippen molar-refractivity contribution in [2.45, 2.75) is 40.0 Å². The van der Waals surface area contributed by atoms with Crippen molar-refractivity contribution in [3.05, 3.63) is 73.9 Å². The summed E-state index contributed by atoms with van der Waals surface area (Å²) >= 11 is 6.00. The van der Waals surface area contributed by atoms with Crippen LogP contribution in [0.25, 0.3) is 22.3 Å². The number of nitrogens with zero attached hydrogens (tertiary/aromatic N) is 3. The first kappa shape index (κ1) is 26.9. The van der Waals surface area contributed by atoms with Crippen molar-refractivity contribution in [3.63, 3.8) is 0 Å². The van der Waals surface area contributed by atoms with Crippen molar-refractivity contribution in [2.75, 3.05) is 18.2 Å². The number of pyridine rings is 1. The predicted octanol–water partition coefficient (Wildman–Crippen LogP) is 3.71. The van der Waals surface area contributed by atoms with Gasteiger partial charge in [-0.25, -0.2) is 18.1 Å². The lowest BCUT2D eigenvalue weighted by molar-refractivity contribution is 0.0803. The summed E-state index contributed by atoms with van der Waals surface area (Å²) in [5.41, 5.74) is 3.76. The number of hydrogen-bond donors (Lipinski definition) is 2. The van der Waals surface area contributed by atoms with Gasteiger partial charge in [0.1, 0.15) is 16.5 Å². The minimum atomic E-state index is -3.83. The zero-order valence-corrected chi connectivity index (χ0v) is 23.2. The van der Waals surface area contributed by atoms with Crippen LogP contribution in [0.15, 0.2) is 39.7 Å². The number of amides is 1. The van der Waals surface area contributed by atoms with E-state index in [1.807, 2.05) is 29.3 Å². The van der Waals surface area contributed by atoms with E-state index in [4.69, 9.17) is 20.8 Å². The van der Waals surface area contributed by atoms with Crippen LogP contribution in [0.4, 0.5) is 5.69 Å². The molecule has 0 bridgehead atoms. The van der Waals surface area contributed by atoms with E-state index in [2.05, 4.69) is 15.4 Å². The standard InChI is InChI=1S/C26H26ClN5O6S/c1-13-9-16(15(3)29-19-5-6-21(27)30-22(19)26(34)31-39(4,35)36)25-17(10-13)23(33)14(2)24(38-25)18-11-28-32-7-8-37-12-20(18)32/h5-6,9-11,15,29H,7-8,12H2,1-4H3,(H,31,34)/t15-/m1/s1. The molecule has 11 nitrogen and oxygen atoms in total. The predicted molar refractivity (Wildman–Crippen MR) is 146 cm³/mol. The molecule has 4 heterocycles. The van der Waals surface area contributed by atoms with Crippen LogP contribution in [0.3, 0.4) is 0 Å². The summed E-state index contributed by atoms with van der Waals surface area (Å²) in [6, 6.07) is 6.18. The summed E-state index contributed by atoms with van der Waals surface area (Å²) in [6.45, 7) is 6.96. The number of carbonyl (C=O) groups excluding carboxylic acids is 1. The topological polar surface area (TPSA) is 145 Å². The molecule has 1 aromatic carbocycles. The Balaban J connectivity index is 1.62. The molecule has 2 N–H and O–H groups in total. The molecule has 0 unspecified atom stereocenters. The van der Waals surface area contributed by atoms with Crippen molar-refractivity contribution in [1.29, 1.82) is 0 Å². The Kier molecular flexibility index (Phi) is 6.95. The zero-order chi connectivity index (χ0) is 28.1. The number of hydrogen-bond acceptors (Lipinski definition) is 9.